The Morgan fingerprint density at radius 1 is 1.29 bits per heavy atom. The number of carbonyl (C=O) groups excluding carboxylic acids is 1. The second-order valence-electron chi connectivity index (χ2n) is 4.27. The summed E-state index contributed by atoms with van der Waals surface area (Å²) in [6.45, 7) is 5.86. The number of unbranched alkanes of at least 4 members (excludes halogenated alkanes) is 2. The lowest BCUT2D eigenvalue weighted by Crippen LogP contribution is -2.23. The first-order valence-corrected chi connectivity index (χ1v) is 5.40. The summed E-state index contributed by atoms with van der Waals surface area (Å²) in [5.41, 5.74) is 0. The average molecular weight is 200 g/mol. The third-order valence-corrected chi connectivity index (χ3v) is 2.45. The maximum Gasteiger partial charge on any atom is 0.164 e. The van der Waals surface area contributed by atoms with E-state index in [9.17, 15) is 4.79 Å². The summed E-state index contributed by atoms with van der Waals surface area (Å²) >= 11 is 0. The molecule has 0 aromatic rings. The molecule has 0 radical (unpaired) electrons. The van der Waals surface area contributed by atoms with E-state index in [4.69, 9.17) is 9.47 Å². The molecule has 0 aliphatic carbocycles. The molecule has 1 saturated heterocycles. The Kier molecular flexibility index (Phi) is 4.08. The highest BCUT2D eigenvalue weighted by Crippen LogP contribution is 2.29. The summed E-state index contributed by atoms with van der Waals surface area (Å²) in [5.74, 6) is -0.595. The van der Waals surface area contributed by atoms with Gasteiger partial charge in [0.15, 0.2) is 12.1 Å². The molecule has 0 unspecified atom stereocenters. The fourth-order valence-corrected chi connectivity index (χ4v) is 1.80. The first-order chi connectivity index (χ1) is 6.59. The smallest absolute Gasteiger partial charge is 0.164 e. The second-order valence-corrected chi connectivity index (χ2v) is 4.27. The van der Waals surface area contributed by atoms with Crippen LogP contribution in [0.1, 0.15) is 46.5 Å². The first-order valence-electron chi connectivity index (χ1n) is 5.40. The first kappa shape index (κ1) is 11.7. The standard InChI is InChI=1S/C11H20O3/c1-4-5-6-7-9-10(8-12)14-11(2,3)13-9/h8-10H,4-7H2,1-3H3/t9-,10+/m1/s1. The number of hydrogen-bond acceptors (Lipinski definition) is 3. The van der Waals surface area contributed by atoms with Crippen LogP contribution in [-0.4, -0.2) is 24.3 Å². The van der Waals surface area contributed by atoms with Crippen molar-refractivity contribution in [1.29, 1.82) is 0 Å². The summed E-state index contributed by atoms with van der Waals surface area (Å²) < 4.78 is 11.1. The van der Waals surface area contributed by atoms with Crippen LogP contribution >= 0.6 is 0 Å². The van der Waals surface area contributed by atoms with Crippen LogP contribution in [0.15, 0.2) is 0 Å². The van der Waals surface area contributed by atoms with Gasteiger partial charge in [0.05, 0.1) is 6.10 Å². The quantitative estimate of drug-likeness (QED) is 0.504. The Labute approximate surface area is 85.8 Å². The molecule has 0 spiro atoms. The van der Waals surface area contributed by atoms with Gasteiger partial charge >= 0.3 is 0 Å². The van der Waals surface area contributed by atoms with E-state index in [1.165, 1.54) is 12.8 Å². The van der Waals surface area contributed by atoms with Gasteiger partial charge in [0.25, 0.3) is 0 Å². The van der Waals surface area contributed by atoms with E-state index in [1.54, 1.807) is 0 Å². The van der Waals surface area contributed by atoms with Crippen LogP contribution in [-0.2, 0) is 14.3 Å². The maximum absolute atomic E-state index is 10.7. The van der Waals surface area contributed by atoms with Gasteiger partial charge in [-0.1, -0.05) is 26.2 Å². The molecule has 1 rings (SSSR count). The molecule has 3 nitrogen and oxygen atoms in total. The topological polar surface area (TPSA) is 35.5 Å². The van der Waals surface area contributed by atoms with Crippen molar-refractivity contribution in [3.63, 3.8) is 0 Å². The predicted octanol–water partition coefficient (Wildman–Crippen LogP) is 2.29. The van der Waals surface area contributed by atoms with E-state index >= 15 is 0 Å². The second kappa shape index (κ2) is 4.89. The van der Waals surface area contributed by atoms with Gasteiger partial charge in [-0.2, -0.15) is 0 Å². The number of carbonyl (C=O) groups is 1. The van der Waals surface area contributed by atoms with Crippen molar-refractivity contribution < 1.29 is 14.3 Å². The average Bonchev–Trinajstić information content (AvgIpc) is 2.41. The molecule has 1 heterocycles. The highest BCUT2D eigenvalue weighted by Gasteiger charge is 2.40. The molecule has 0 amide bonds. The predicted molar refractivity (Wildman–Crippen MR) is 54.0 cm³/mol. The summed E-state index contributed by atoms with van der Waals surface area (Å²) in [6, 6.07) is 0. The SMILES string of the molecule is CCCCC[C@H]1OC(C)(C)O[C@H]1C=O. The van der Waals surface area contributed by atoms with Crippen molar-refractivity contribution >= 4 is 6.29 Å². The summed E-state index contributed by atoms with van der Waals surface area (Å²) in [5, 5.41) is 0. The molecule has 14 heavy (non-hydrogen) atoms. The van der Waals surface area contributed by atoms with Crippen molar-refractivity contribution in [2.75, 3.05) is 0 Å². The Balaban J connectivity index is 2.39. The highest BCUT2D eigenvalue weighted by atomic mass is 16.8. The molecule has 82 valence electrons. The molecule has 0 bridgehead atoms. The molecule has 1 aliphatic rings. The molecule has 2 atom stereocenters. The third-order valence-electron chi connectivity index (χ3n) is 2.45. The summed E-state index contributed by atoms with van der Waals surface area (Å²) in [7, 11) is 0. The molecule has 0 N–H and O–H groups in total. The van der Waals surface area contributed by atoms with Crippen molar-refractivity contribution in [2.45, 2.75) is 64.4 Å². The van der Waals surface area contributed by atoms with Gasteiger partial charge in [0.1, 0.15) is 6.10 Å². The fraction of sp³-hybridized carbons (Fsp3) is 0.909. The largest absolute Gasteiger partial charge is 0.344 e. The minimum atomic E-state index is -0.595. The van der Waals surface area contributed by atoms with Gasteiger partial charge in [-0.3, -0.25) is 0 Å². The van der Waals surface area contributed by atoms with Gasteiger partial charge < -0.3 is 14.3 Å². The molecule has 1 fully saturated rings. The van der Waals surface area contributed by atoms with Crippen molar-refractivity contribution in [2.24, 2.45) is 0 Å². The third kappa shape index (κ3) is 3.07. The van der Waals surface area contributed by atoms with E-state index in [0.29, 0.717) is 0 Å². The molecule has 0 aromatic heterocycles. The monoisotopic (exact) mass is 200 g/mol. The Morgan fingerprint density at radius 3 is 2.57 bits per heavy atom. The van der Waals surface area contributed by atoms with E-state index in [2.05, 4.69) is 6.92 Å². The Morgan fingerprint density at radius 2 is 2.00 bits per heavy atom. The van der Waals surface area contributed by atoms with Crippen LogP contribution in [0.4, 0.5) is 0 Å². The van der Waals surface area contributed by atoms with Gasteiger partial charge in [-0.25, -0.2) is 0 Å². The molecule has 0 aromatic carbocycles. The highest BCUT2D eigenvalue weighted by molar-refractivity contribution is 5.57. The van der Waals surface area contributed by atoms with E-state index in [-0.39, 0.29) is 12.2 Å². The van der Waals surface area contributed by atoms with Crippen LogP contribution in [0.2, 0.25) is 0 Å². The van der Waals surface area contributed by atoms with Gasteiger partial charge in [0.2, 0.25) is 0 Å². The van der Waals surface area contributed by atoms with Crippen molar-refractivity contribution in [3.8, 4) is 0 Å². The number of aldehydes is 1. The normalized spacial score (nSPS) is 30.5. The molecular weight excluding hydrogens is 180 g/mol. The van der Waals surface area contributed by atoms with Gasteiger partial charge in [0, 0.05) is 0 Å². The summed E-state index contributed by atoms with van der Waals surface area (Å²) in [6.07, 6.45) is 4.82. The molecule has 1 aliphatic heterocycles. The number of hydrogen-bond donors (Lipinski definition) is 0. The Hall–Kier alpha value is -0.410. The van der Waals surface area contributed by atoms with E-state index in [0.717, 1.165) is 19.1 Å². The zero-order chi connectivity index (χ0) is 10.6. The maximum atomic E-state index is 10.7. The molecule has 3 heteroatoms. The lowest BCUT2D eigenvalue weighted by Gasteiger charge is -2.16. The Bertz CT molecular complexity index is 189. The van der Waals surface area contributed by atoms with Crippen LogP contribution < -0.4 is 0 Å². The van der Waals surface area contributed by atoms with E-state index in [1.807, 2.05) is 13.8 Å². The van der Waals surface area contributed by atoms with Crippen LogP contribution in [0.25, 0.3) is 0 Å². The fourth-order valence-electron chi connectivity index (χ4n) is 1.80. The summed E-state index contributed by atoms with van der Waals surface area (Å²) in [4.78, 5) is 10.7. The van der Waals surface area contributed by atoms with Gasteiger partial charge in [-0.05, 0) is 20.3 Å². The van der Waals surface area contributed by atoms with Crippen molar-refractivity contribution in [1.82, 2.24) is 0 Å². The molecule has 0 saturated carbocycles. The van der Waals surface area contributed by atoms with Crippen LogP contribution in [0, 0.1) is 0 Å². The lowest BCUT2D eigenvalue weighted by molar-refractivity contribution is -0.150. The minimum absolute atomic E-state index is 0.0472. The van der Waals surface area contributed by atoms with Crippen LogP contribution in [0.5, 0.6) is 0 Å². The van der Waals surface area contributed by atoms with Gasteiger partial charge in [-0.15, -0.1) is 0 Å². The minimum Gasteiger partial charge on any atom is -0.344 e. The molecular formula is C11H20O3. The zero-order valence-corrected chi connectivity index (χ0v) is 9.29. The number of ether oxygens (including phenoxy) is 2. The zero-order valence-electron chi connectivity index (χ0n) is 9.29. The van der Waals surface area contributed by atoms with Crippen molar-refractivity contribution in [3.05, 3.63) is 0 Å². The number of rotatable bonds is 5. The van der Waals surface area contributed by atoms with E-state index < -0.39 is 5.79 Å². The van der Waals surface area contributed by atoms with Crippen LogP contribution in [0.3, 0.4) is 0 Å². The lowest BCUT2D eigenvalue weighted by atomic mass is 10.1.